The minimum Gasteiger partial charge on any atom is -0.304 e. The van der Waals surface area contributed by atoms with E-state index >= 15 is 0 Å². The lowest BCUT2D eigenvalue weighted by atomic mass is 10.2. The van der Waals surface area contributed by atoms with Gasteiger partial charge in [-0.25, -0.2) is 9.37 Å². The molecule has 90 valence electrons. The second-order valence-corrected chi connectivity index (χ2v) is 5.50. The Kier molecular flexibility index (Phi) is 4.25. The maximum Gasteiger partial charge on any atom is 0.137 e. The molecule has 2 nitrogen and oxygen atoms in total. The minimum atomic E-state index is -0.230. The first-order valence-electron chi connectivity index (χ1n) is 5.23. The summed E-state index contributed by atoms with van der Waals surface area (Å²) in [5.41, 5.74) is 0.925. The average Bonchev–Trinajstić information content (AvgIpc) is 2.84. The summed E-state index contributed by atoms with van der Waals surface area (Å²) in [5, 5.41) is 6.31. The molecule has 0 aliphatic carbocycles. The highest BCUT2D eigenvalue weighted by Crippen LogP contribution is 2.18. The summed E-state index contributed by atoms with van der Waals surface area (Å²) >= 11 is 4.75. The molecule has 0 saturated heterocycles. The molecule has 5 heteroatoms. The summed E-state index contributed by atoms with van der Waals surface area (Å²) in [6.45, 7) is 2.68. The van der Waals surface area contributed by atoms with Crippen LogP contribution in [0.1, 0.15) is 23.5 Å². The van der Waals surface area contributed by atoms with Gasteiger partial charge < -0.3 is 5.32 Å². The monoisotopic (exact) mass is 314 g/mol. The Hall–Kier alpha value is -0.780. The average molecular weight is 315 g/mol. The number of aromatic nitrogens is 1. The lowest BCUT2D eigenvalue weighted by Crippen LogP contribution is -2.17. The predicted molar refractivity (Wildman–Crippen MR) is 71.5 cm³/mol. The molecule has 0 saturated carbocycles. The van der Waals surface area contributed by atoms with Gasteiger partial charge in [-0.1, -0.05) is 6.07 Å². The van der Waals surface area contributed by atoms with Crippen LogP contribution in [0.15, 0.2) is 34.2 Å². The summed E-state index contributed by atoms with van der Waals surface area (Å²) in [5.74, 6) is -0.230. The largest absolute Gasteiger partial charge is 0.304 e. The van der Waals surface area contributed by atoms with Gasteiger partial charge in [-0.05, 0) is 40.5 Å². The predicted octanol–water partition coefficient (Wildman–Crippen LogP) is 3.90. The van der Waals surface area contributed by atoms with Crippen LogP contribution in [-0.2, 0) is 6.54 Å². The zero-order chi connectivity index (χ0) is 12.3. The molecule has 0 aliphatic rings. The van der Waals surface area contributed by atoms with Crippen molar-refractivity contribution in [3.63, 3.8) is 0 Å². The molecule has 1 atom stereocenters. The number of nitrogens with one attached hydrogen (secondary N) is 1. The van der Waals surface area contributed by atoms with Crippen LogP contribution in [0, 0.1) is 5.82 Å². The number of halogens is 2. The van der Waals surface area contributed by atoms with Gasteiger partial charge in [-0.3, -0.25) is 0 Å². The molecule has 2 rings (SSSR count). The number of benzene rings is 1. The molecule has 2 aromatic rings. The molecule has 0 spiro atoms. The normalized spacial score (nSPS) is 12.6. The fourth-order valence-corrected chi connectivity index (χ4v) is 2.37. The van der Waals surface area contributed by atoms with E-state index in [4.69, 9.17) is 0 Å². The maximum absolute atomic E-state index is 13.3. The molecule has 0 aliphatic heterocycles. The van der Waals surface area contributed by atoms with Crippen LogP contribution < -0.4 is 5.32 Å². The highest BCUT2D eigenvalue weighted by molar-refractivity contribution is 9.10. The summed E-state index contributed by atoms with van der Waals surface area (Å²) in [6, 6.07) is 5.34. The van der Waals surface area contributed by atoms with E-state index in [0.29, 0.717) is 11.0 Å². The van der Waals surface area contributed by atoms with Crippen LogP contribution in [0.5, 0.6) is 0 Å². The minimum absolute atomic E-state index is 0.182. The molecule has 0 radical (unpaired) electrons. The van der Waals surface area contributed by atoms with Crippen molar-refractivity contribution < 1.29 is 4.39 Å². The third kappa shape index (κ3) is 3.34. The Bertz CT molecular complexity index is 487. The van der Waals surface area contributed by atoms with E-state index in [1.165, 1.54) is 6.07 Å². The van der Waals surface area contributed by atoms with Crippen LogP contribution >= 0.6 is 27.3 Å². The molecule has 0 amide bonds. The Morgan fingerprint density at radius 2 is 2.35 bits per heavy atom. The standard InChI is InChI=1S/C12H12BrFN2S/c1-8(12-15-4-5-17-12)16-7-9-2-3-10(13)11(14)6-9/h2-6,8,16H,7H2,1H3. The van der Waals surface area contributed by atoms with Gasteiger partial charge in [0.1, 0.15) is 10.8 Å². The van der Waals surface area contributed by atoms with Gasteiger partial charge in [-0.15, -0.1) is 11.3 Å². The molecule has 1 N–H and O–H groups in total. The Morgan fingerprint density at radius 1 is 1.53 bits per heavy atom. The molecule has 1 aromatic carbocycles. The van der Waals surface area contributed by atoms with Crippen molar-refractivity contribution in [2.45, 2.75) is 19.5 Å². The highest BCUT2D eigenvalue weighted by atomic mass is 79.9. The quantitative estimate of drug-likeness (QED) is 0.926. The molecule has 17 heavy (non-hydrogen) atoms. The van der Waals surface area contributed by atoms with Gasteiger partial charge in [0.15, 0.2) is 0 Å². The maximum atomic E-state index is 13.3. The number of hydrogen-bond donors (Lipinski definition) is 1. The van der Waals surface area contributed by atoms with Crippen molar-refractivity contribution in [1.29, 1.82) is 0 Å². The van der Waals surface area contributed by atoms with E-state index in [0.717, 1.165) is 10.6 Å². The Balaban J connectivity index is 1.96. The van der Waals surface area contributed by atoms with E-state index in [1.807, 2.05) is 18.4 Å². The van der Waals surface area contributed by atoms with Crippen LogP contribution in [0.4, 0.5) is 4.39 Å². The lowest BCUT2D eigenvalue weighted by Gasteiger charge is -2.11. The van der Waals surface area contributed by atoms with Crippen molar-refractivity contribution in [1.82, 2.24) is 10.3 Å². The third-order valence-corrected chi connectivity index (χ3v) is 4.02. The summed E-state index contributed by atoms with van der Waals surface area (Å²) < 4.78 is 13.8. The lowest BCUT2D eigenvalue weighted by molar-refractivity contribution is 0.566. The van der Waals surface area contributed by atoms with Crippen LogP contribution in [-0.4, -0.2) is 4.98 Å². The summed E-state index contributed by atoms with van der Waals surface area (Å²) in [4.78, 5) is 4.23. The number of nitrogens with zero attached hydrogens (tertiary/aromatic N) is 1. The molecule has 0 fully saturated rings. The first kappa shape index (κ1) is 12.7. The third-order valence-electron chi connectivity index (χ3n) is 2.42. The van der Waals surface area contributed by atoms with E-state index < -0.39 is 0 Å². The first-order valence-corrected chi connectivity index (χ1v) is 6.91. The second-order valence-electron chi connectivity index (χ2n) is 3.72. The zero-order valence-electron chi connectivity index (χ0n) is 9.28. The van der Waals surface area contributed by atoms with E-state index in [-0.39, 0.29) is 11.9 Å². The molecule has 0 bridgehead atoms. The van der Waals surface area contributed by atoms with Crippen molar-refractivity contribution in [2.75, 3.05) is 0 Å². The van der Waals surface area contributed by atoms with Gasteiger partial charge in [0.05, 0.1) is 10.5 Å². The van der Waals surface area contributed by atoms with Crippen molar-refractivity contribution in [2.24, 2.45) is 0 Å². The molecule has 1 unspecified atom stereocenters. The van der Waals surface area contributed by atoms with Crippen molar-refractivity contribution in [3.8, 4) is 0 Å². The first-order chi connectivity index (χ1) is 8.16. The number of rotatable bonds is 4. The van der Waals surface area contributed by atoms with Crippen LogP contribution in [0.2, 0.25) is 0 Å². The van der Waals surface area contributed by atoms with E-state index in [9.17, 15) is 4.39 Å². The van der Waals surface area contributed by atoms with Crippen LogP contribution in [0.25, 0.3) is 0 Å². The van der Waals surface area contributed by atoms with Crippen LogP contribution in [0.3, 0.4) is 0 Å². The van der Waals surface area contributed by atoms with Crippen molar-refractivity contribution in [3.05, 3.63) is 50.6 Å². The molecular formula is C12H12BrFN2S. The molecular weight excluding hydrogens is 303 g/mol. The van der Waals surface area contributed by atoms with Crippen molar-refractivity contribution >= 4 is 27.3 Å². The van der Waals surface area contributed by atoms with Gasteiger partial charge >= 0.3 is 0 Å². The zero-order valence-corrected chi connectivity index (χ0v) is 11.7. The Labute approximate surface area is 112 Å². The smallest absolute Gasteiger partial charge is 0.137 e. The highest BCUT2D eigenvalue weighted by Gasteiger charge is 2.07. The number of hydrogen-bond acceptors (Lipinski definition) is 3. The molecule has 1 heterocycles. The summed E-state index contributed by atoms with van der Waals surface area (Å²) in [6.07, 6.45) is 1.79. The fraction of sp³-hybridized carbons (Fsp3) is 0.250. The SMILES string of the molecule is CC(NCc1ccc(Br)c(F)c1)c1nccs1. The van der Waals surface area contributed by atoms with E-state index in [2.05, 4.69) is 26.2 Å². The van der Waals surface area contributed by atoms with Gasteiger partial charge in [0.25, 0.3) is 0 Å². The Morgan fingerprint density at radius 3 is 3.00 bits per heavy atom. The second kappa shape index (κ2) is 5.71. The topological polar surface area (TPSA) is 24.9 Å². The van der Waals surface area contributed by atoms with Gasteiger partial charge in [0.2, 0.25) is 0 Å². The van der Waals surface area contributed by atoms with Gasteiger partial charge in [0, 0.05) is 18.1 Å². The fourth-order valence-electron chi connectivity index (χ4n) is 1.46. The van der Waals surface area contributed by atoms with Gasteiger partial charge in [-0.2, -0.15) is 0 Å². The number of thiazole rings is 1. The molecule has 1 aromatic heterocycles. The van der Waals surface area contributed by atoms with E-state index in [1.54, 1.807) is 23.6 Å². The summed E-state index contributed by atoms with van der Waals surface area (Å²) in [7, 11) is 0.